The number of anilines is 3. The summed E-state index contributed by atoms with van der Waals surface area (Å²) in [5.74, 6) is 0. The summed E-state index contributed by atoms with van der Waals surface area (Å²) in [5.41, 5.74) is 15.3. The first kappa shape index (κ1) is 32.9. The smallest absolute Gasteiger partial charge is 0.0688 e. The summed E-state index contributed by atoms with van der Waals surface area (Å²) >= 11 is 1.88. The van der Waals surface area contributed by atoms with Crippen LogP contribution in [0.15, 0.2) is 222 Å². The molecule has 272 valence electrons. The Morgan fingerprint density at radius 2 is 0.914 bits per heavy atom. The highest BCUT2D eigenvalue weighted by Gasteiger charge is 2.27. The van der Waals surface area contributed by atoms with Crippen LogP contribution in [0, 0.1) is 0 Å². The SMILES string of the molecule is c1ccc(-c2ccc(N(c3cccc(-c4ccccc4)c3)c3cccc(-n4c5ccccc5c5c6c7ccccc7n7c6c(cc54)Sc4ccccc4-7)c3)cc2)cc1. The number of para-hydroxylation sites is 3. The van der Waals surface area contributed by atoms with E-state index >= 15 is 0 Å². The normalized spacial score (nSPS) is 12.1. The number of hydrogen-bond donors (Lipinski definition) is 0. The van der Waals surface area contributed by atoms with E-state index in [1.807, 2.05) is 11.8 Å². The molecule has 9 aromatic carbocycles. The van der Waals surface area contributed by atoms with Crippen LogP contribution in [0.1, 0.15) is 0 Å². The van der Waals surface area contributed by atoms with E-state index in [1.54, 1.807) is 0 Å². The maximum absolute atomic E-state index is 2.49. The zero-order valence-corrected chi connectivity index (χ0v) is 32.3. The van der Waals surface area contributed by atoms with E-state index in [2.05, 4.69) is 226 Å². The number of nitrogens with zero attached hydrogens (tertiary/aromatic N) is 3. The molecule has 0 N–H and O–H groups in total. The summed E-state index contributed by atoms with van der Waals surface area (Å²) in [6.07, 6.45) is 0. The first-order valence-electron chi connectivity index (χ1n) is 19.8. The zero-order valence-electron chi connectivity index (χ0n) is 31.5. The molecular formula is C54H35N3S. The van der Waals surface area contributed by atoms with Crippen LogP contribution in [0.5, 0.6) is 0 Å². The van der Waals surface area contributed by atoms with Crippen LogP contribution in [-0.2, 0) is 0 Å². The van der Waals surface area contributed by atoms with Gasteiger partial charge in [-0.25, -0.2) is 0 Å². The molecule has 0 spiro atoms. The summed E-state index contributed by atoms with van der Waals surface area (Å²) in [6.45, 7) is 0. The van der Waals surface area contributed by atoms with Gasteiger partial charge in [0.15, 0.2) is 0 Å². The van der Waals surface area contributed by atoms with Gasteiger partial charge in [0.1, 0.15) is 0 Å². The summed E-state index contributed by atoms with van der Waals surface area (Å²) < 4.78 is 4.97. The molecule has 11 aromatic rings. The predicted octanol–water partition coefficient (Wildman–Crippen LogP) is 15.1. The first-order valence-corrected chi connectivity index (χ1v) is 20.6. The molecule has 0 bridgehead atoms. The molecule has 0 atom stereocenters. The minimum atomic E-state index is 1.09. The number of rotatable bonds is 6. The highest BCUT2D eigenvalue weighted by Crippen LogP contribution is 2.51. The molecule has 12 rings (SSSR count). The van der Waals surface area contributed by atoms with E-state index in [1.165, 1.54) is 81.3 Å². The molecule has 3 heterocycles. The highest BCUT2D eigenvalue weighted by molar-refractivity contribution is 7.99. The first-order chi connectivity index (χ1) is 28.8. The Hall–Kier alpha value is -7.27. The van der Waals surface area contributed by atoms with Crippen LogP contribution in [0.2, 0.25) is 0 Å². The van der Waals surface area contributed by atoms with Crippen LogP contribution in [-0.4, -0.2) is 9.13 Å². The molecule has 0 fully saturated rings. The van der Waals surface area contributed by atoms with Crippen molar-refractivity contribution in [2.45, 2.75) is 9.79 Å². The lowest BCUT2D eigenvalue weighted by Gasteiger charge is -2.27. The molecule has 0 amide bonds. The summed E-state index contributed by atoms with van der Waals surface area (Å²) in [5, 5.41) is 5.14. The summed E-state index contributed by atoms with van der Waals surface area (Å²) in [4.78, 5) is 4.94. The fourth-order valence-electron chi connectivity index (χ4n) is 9.14. The molecule has 58 heavy (non-hydrogen) atoms. The molecule has 4 heteroatoms. The Kier molecular flexibility index (Phi) is 7.47. The van der Waals surface area contributed by atoms with Crippen molar-refractivity contribution < 1.29 is 0 Å². The van der Waals surface area contributed by atoms with Crippen LogP contribution >= 0.6 is 11.8 Å². The standard InChI is InChI=1S/C54H35N3S/c1-3-15-36(16-4-1)38-29-31-40(32-30-38)55(41-20-13-19-39(33-41)37-17-5-2-6-18-37)42-21-14-22-43(34-42)56-46-25-9-7-23-44(46)52-49(56)35-51-54-53(52)45-24-8-10-26-47(45)57(54)48-27-11-12-28-50(48)58-51/h1-35H. The third-order valence-corrected chi connectivity index (χ3v) is 12.7. The monoisotopic (exact) mass is 757 g/mol. The van der Waals surface area contributed by atoms with Crippen LogP contribution < -0.4 is 4.90 Å². The fourth-order valence-corrected chi connectivity index (χ4v) is 10.2. The van der Waals surface area contributed by atoms with Gasteiger partial charge in [0.05, 0.1) is 27.8 Å². The molecule has 0 saturated carbocycles. The van der Waals surface area contributed by atoms with Crippen molar-refractivity contribution in [3.05, 3.63) is 212 Å². The molecule has 1 aliphatic heterocycles. The molecular weight excluding hydrogens is 723 g/mol. The Morgan fingerprint density at radius 1 is 0.345 bits per heavy atom. The quantitative estimate of drug-likeness (QED) is 0.168. The summed E-state index contributed by atoms with van der Waals surface area (Å²) in [6, 6.07) is 77.2. The number of aromatic nitrogens is 2. The highest BCUT2D eigenvalue weighted by atomic mass is 32.2. The van der Waals surface area contributed by atoms with Gasteiger partial charge < -0.3 is 14.0 Å². The van der Waals surface area contributed by atoms with E-state index in [0.29, 0.717) is 0 Å². The van der Waals surface area contributed by atoms with Gasteiger partial charge in [0.2, 0.25) is 0 Å². The van der Waals surface area contributed by atoms with E-state index in [-0.39, 0.29) is 0 Å². The number of fused-ring (bicyclic) bond motifs is 9. The molecule has 1 aliphatic rings. The van der Waals surface area contributed by atoms with Crippen LogP contribution in [0.25, 0.3) is 77.2 Å². The van der Waals surface area contributed by atoms with Crippen molar-refractivity contribution in [2.24, 2.45) is 0 Å². The van der Waals surface area contributed by atoms with Gasteiger partial charge in [-0.1, -0.05) is 151 Å². The van der Waals surface area contributed by atoms with Crippen molar-refractivity contribution in [1.29, 1.82) is 0 Å². The molecule has 0 saturated heterocycles. The van der Waals surface area contributed by atoms with Gasteiger partial charge in [-0.3, -0.25) is 0 Å². The second-order valence-electron chi connectivity index (χ2n) is 15.0. The van der Waals surface area contributed by atoms with E-state index in [9.17, 15) is 0 Å². The second-order valence-corrected chi connectivity index (χ2v) is 16.0. The third-order valence-electron chi connectivity index (χ3n) is 11.7. The molecule has 0 aliphatic carbocycles. The van der Waals surface area contributed by atoms with Crippen LogP contribution in [0.4, 0.5) is 17.1 Å². The maximum Gasteiger partial charge on any atom is 0.0688 e. The minimum absolute atomic E-state index is 1.09. The van der Waals surface area contributed by atoms with Gasteiger partial charge in [0, 0.05) is 54.1 Å². The van der Waals surface area contributed by atoms with Crippen LogP contribution in [0.3, 0.4) is 0 Å². The van der Waals surface area contributed by atoms with Gasteiger partial charge >= 0.3 is 0 Å². The van der Waals surface area contributed by atoms with Gasteiger partial charge in [0.25, 0.3) is 0 Å². The minimum Gasteiger partial charge on any atom is -0.310 e. The Morgan fingerprint density at radius 3 is 1.67 bits per heavy atom. The van der Waals surface area contributed by atoms with Crippen molar-refractivity contribution in [3.8, 4) is 33.6 Å². The van der Waals surface area contributed by atoms with Gasteiger partial charge in [-0.2, -0.15) is 0 Å². The molecule has 0 unspecified atom stereocenters. The lowest BCUT2D eigenvalue weighted by molar-refractivity contribution is 1.09. The zero-order chi connectivity index (χ0) is 38.2. The lowest BCUT2D eigenvalue weighted by Crippen LogP contribution is -2.10. The summed E-state index contributed by atoms with van der Waals surface area (Å²) in [7, 11) is 0. The predicted molar refractivity (Wildman–Crippen MR) is 245 cm³/mol. The van der Waals surface area contributed by atoms with E-state index < -0.39 is 0 Å². The molecule has 2 aromatic heterocycles. The van der Waals surface area contributed by atoms with Crippen molar-refractivity contribution >= 4 is 72.4 Å². The maximum atomic E-state index is 2.49. The van der Waals surface area contributed by atoms with E-state index in [4.69, 9.17) is 0 Å². The van der Waals surface area contributed by atoms with Crippen molar-refractivity contribution in [3.63, 3.8) is 0 Å². The Balaban J connectivity index is 1.09. The van der Waals surface area contributed by atoms with E-state index in [0.717, 1.165) is 22.7 Å². The number of benzene rings is 9. The fraction of sp³-hybridized carbons (Fsp3) is 0. The lowest BCUT2D eigenvalue weighted by atomic mass is 10.0. The van der Waals surface area contributed by atoms with Gasteiger partial charge in [-0.05, 0) is 95.1 Å². The average molecular weight is 758 g/mol. The largest absolute Gasteiger partial charge is 0.310 e. The molecule has 3 nitrogen and oxygen atoms in total. The molecule has 0 radical (unpaired) electrons. The topological polar surface area (TPSA) is 13.1 Å². The van der Waals surface area contributed by atoms with Crippen molar-refractivity contribution in [1.82, 2.24) is 9.13 Å². The third kappa shape index (κ3) is 5.09. The average Bonchev–Trinajstić information content (AvgIpc) is 3.81. The Bertz CT molecular complexity index is 3360. The van der Waals surface area contributed by atoms with Crippen molar-refractivity contribution in [2.75, 3.05) is 4.90 Å². The second kappa shape index (κ2) is 13.2. The number of hydrogen-bond acceptors (Lipinski definition) is 2. The van der Waals surface area contributed by atoms with Gasteiger partial charge in [-0.15, -0.1) is 0 Å². The Labute approximate surface area is 340 Å².